The smallest absolute Gasteiger partial charge is 0.242 e. The number of halogens is 1. The Kier molecular flexibility index (Phi) is 7.32. The normalized spacial score (nSPS) is 12.3. The summed E-state index contributed by atoms with van der Waals surface area (Å²) >= 11 is 0. The summed E-state index contributed by atoms with van der Waals surface area (Å²) < 4.78 is 39.4. The van der Waals surface area contributed by atoms with Crippen LogP contribution in [0.2, 0.25) is 0 Å². The van der Waals surface area contributed by atoms with Gasteiger partial charge in [-0.25, -0.2) is 22.1 Å². The van der Waals surface area contributed by atoms with Gasteiger partial charge < -0.3 is 10.6 Å². The largest absolute Gasteiger partial charge is 0.357 e. The molecule has 0 fully saturated rings. The van der Waals surface area contributed by atoms with Crippen LogP contribution in [-0.4, -0.2) is 39.3 Å². The van der Waals surface area contributed by atoms with E-state index in [0.29, 0.717) is 24.6 Å². The van der Waals surface area contributed by atoms with E-state index in [1.54, 1.807) is 36.4 Å². The lowest BCUT2D eigenvalue weighted by Crippen LogP contribution is -2.37. The van der Waals surface area contributed by atoms with Crippen molar-refractivity contribution in [2.24, 2.45) is 4.99 Å². The van der Waals surface area contributed by atoms with Gasteiger partial charge in [0.1, 0.15) is 5.82 Å². The molecule has 2 N–H and O–H groups in total. The third kappa shape index (κ3) is 5.77. The van der Waals surface area contributed by atoms with E-state index >= 15 is 0 Å². The molecule has 0 unspecified atom stereocenters. The van der Waals surface area contributed by atoms with Gasteiger partial charge in [0, 0.05) is 27.2 Å². The first-order valence-electron chi connectivity index (χ1n) is 8.61. The number of guanidine groups is 1. The van der Waals surface area contributed by atoms with Crippen molar-refractivity contribution in [2.75, 3.05) is 20.6 Å². The number of aliphatic imine (C=N–C) groups is 1. The molecule has 146 valence electrons. The van der Waals surface area contributed by atoms with E-state index < -0.39 is 10.0 Å². The average Bonchev–Trinajstić information content (AvgIpc) is 2.64. The van der Waals surface area contributed by atoms with Crippen LogP contribution in [0.3, 0.4) is 0 Å². The van der Waals surface area contributed by atoms with Crippen molar-refractivity contribution in [3.8, 4) is 0 Å². The summed E-state index contributed by atoms with van der Waals surface area (Å²) in [5.74, 6) is 0.224. The van der Waals surface area contributed by atoms with E-state index in [-0.39, 0.29) is 17.3 Å². The lowest BCUT2D eigenvalue weighted by molar-refractivity contribution is 0.519. The lowest BCUT2D eigenvalue weighted by Gasteiger charge is -2.17. The van der Waals surface area contributed by atoms with Gasteiger partial charge in [0.15, 0.2) is 5.96 Å². The Morgan fingerprint density at radius 1 is 1.11 bits per heavy atom. The van der Waals surface area contributed by atoms with Gasteiger partial charge in [0.05, 0.1) is 11.4 Å². The third-order valence-electron chi connectivity index (χ3n) is 3.83. The Balaban J connectivity index is 2.16. The van der Waals surface area contributed by atoms with Crippen molar-refractivity contribution in [3.05, 3.63) is 65.5 Å². The van der Waals surface area contributed by atoms with Crippen LogP contribution in [0.4, 0.5) is 4.39 Å². The predicted molar refractivity (Wildman–Crippen MR) is 105 cm³/mol. The van der Waals surface area contributed by atoms with E-state index in [1.807, 2.05) is 6.92 Å². The maximum Gasteiger partial charge on any atom is 0.242 e. The zero-order chi connectivity index (χ0) is 19.9. The molecular formula is C19H25FN4O2S. The zero-order valence-electron chi connectivity index (χ0n) is 15.7. The highest BCUT2D eigenvalue weighted by molar-refractivity contribution is 7.89. The summed E-state index contributed by atoms with van der Waals surface area (Å²) in [7, 11) is -0.528. The average molecular weight is 393 g/mol. The molecule has 0 heterocycles. The fourth-order valence-corrected chi connectivity index (χ4v) is 3.54. The molecule has 0 saturated heterocycles. The Morgan fingerprint density at radius 3 is 2.52 bits per heavy atom. The fourth-order valence-electron chi connectivity index (χ4n) is 2.42. The van der Waals surface area contributed by atoms with Crippen molar-refractivity contribution < 1.29 is 12.8 Å². The summed E-state index contributed by atoms with van der Waals surface area (Å²) in [6, 6.07) is 13.1. The molecule has 0 amide bonds. The van der Waals surface area contributed by atoms with Gasteiger partial charge >= 0.3 is 0 Å². The number of nitrogens with zero attached hydrogens (tertiary/aromatic N) is 2. The molecule has 0 radical (unpaired) electrons. The molecule has 27 heavy (non-hydrogen) atoms. The van der Waals surface area contributed by atoms with Gasteiger partial charge in [-0.3, -0.25) is 0 Å². The van der Waals surface area contributed by atoms with Gasteiger partial charge in [0.25, 0.3) is 0 Å². The summed E-state index contributed by atoms with van der Waals surface area (Å²) in [6.45, 7) is 3.18. The van der Waals surface area contributed by atoms with E-state index in [9.17, 15) is 12.8 Å². The van der Waals surface area contributed by atoms with E-state index in [4.69, 9.17) is 0 Å². The standard InChI is InChI=1S/C19H25FN4O2S/c1-4-21-19(22-13-15-8-7-10-17(20)12-15)23-14-16-9-5-6-11-18(16)27(25,26)24(2)3/h5-12H,4,13-14H2,1-3H3,(H2,21,22,23). The summed E-state index contributed by atoms with van der Waals surface area (Å²) in [4.78, 5) is 4.69. The highest BCUT2D eigenvalue weighted by Gasteiger charge is 2.20. The molecule has 6 nitrogen and oxygen atoms in total. The van der Waals surface area contributed by atoms with Crippen molar-refractivity contribution >= 4 is 16.0 Å². The second-order valence-electron chi connectivity index (χ2n) is 6.07. The Hall–Kier alpha value is -2.45. The molecule has 8 heteroatoms. The SMILES string of the molecule is CCNC(=NCc1cccc(F)c1)NCc1ccccc1S(=O)(=O)N(C)C. The monoisotopic (exact) mass is 392 g/mol. The minimum atomic E-state index is -3.54. The van der Waals surface area contributed by atoms with Crippen LogP contribution in [0.25, 0.3) is 0 Å². The quantitative estimate of drug-likeness (QED) is 0.560. The van der Waals surface area contributed by atoms with Gasteiger partial charge in [0.2, 0.25) is 10.0 Å². The topological polar surface area (TPSA) is 73.8 Å². The number of hydrogen-bond acceptors (Lipinski definition) is 3. The maximum absolute atomic E-state index is 13.3. The Morgan fingerprint density at radius 2 is 1.85 bits per heavy atom. The molecule has 0 saturated carbocycles. The number of sulfonamides is 1. The Labute approximate surface area is 160 Å². The molecule has 2 rings (SSSR count). The summed E-state index contributed by atoms with van der Waals surface area (Å²) in [5, 5.41) is 6.24. The second-order valence-corrected chi connectivity index (χ2v) is 8.19. The van der Waals surface area contributed by atoms with Crippen molar-refractivity contribution in [2.45, 2.75) is 24.9 Å². The highest BCUT2D eigenvalue weighted by atomic mass is 32.2. The minimum absolute atomic E-state index is 0.253. The van der Waals surface area contributed by atoms with E-state index in [1.165, 1.54) is 30.5 Å². The van der Waals surface area contributed by atoms with E-state index in [2.05, 4.69) is 15.6 Å². The highest BCUT2D eigenvalue weighted by Crippen LogP contribution is 2.18. The molecular weight excluding hydrogens is 367 g/mol. The molecule has 0 aliphatic heterocycles. The van der Waals surface area contributed by atoms with Crippen LogP contribution in [0.5, 0.6) is 0 Å². The van der Waals surface area contributed by atoms with Crippen LogP contribution in [0.15, 0.2) is 58.4 Å². The van der Waals surface area contributed by atoms with Crippen molar-refractivity contribution in [1.29, 1.82) is 0 Å². The van der Waals surface area contributed by atoms with Gasteiger partial charge in [-0.05, 0) is 36.2 Å². The first kappa shape index (κ1) is 20.9. The van der Waals surface area contributed by atoms with Crippen LogP contribution in [0.1, 0.15) is 18.1 Å². The van der Waals surface area contributed by atoms with Crippen molar-refractivity contribution in [1.82, 2.24) is 14.9 Å². The van der Waals surface area contributed by atoms with E-state index in [0.717, 1.165) is 5.56 Å². The molecule has 0 bridgehead atoms. The summed E-state index contributed by atoms with van der Waals surface area (Å²) in [6.07, 6.45) is 0. The number of hydrogen-bond donors (Lipinski definition) is 2. The third-order valence-corrected chi connectivity index (χ3v) is 5.75. The molecule has 2 aromatic rings. The van der Waals surface area contributed by atoms with Crippen LogP contribution in [-0.2, 0) is 23.1 Å². The molecule has 0 aromatic heterocycles. The van der Waals surface area contributed by atoms with Crippen LogP contribution < -0.4 is 10.6 Å². The Bertz CT molecular complexity index is 898. The molecule has 0 spiro atoms. The van der Waals surface area contributed by atoms with Crippen molar-refractivity contribution in [3.63, 3.8) is 0 Å². The molecule has 0 aliphatic carbocycles. The van der Waals surface area contributed by atoms with Gasteiger partial charge in [-0.1, -0.05) is 30.3 Å². The van der Waals surface area contributed by atoms with Gasteiger partial charge in [-0.15, -0.1) is 0 Å². The fraction of sp³-hybridized carbons (Fsp3) is 0.316. The molecule has 0 atom stereocenters. The number of nitrogens with one attached hydrogen (secondary N) is 2. The summed E-state index contributed by atoms with van der Waals surface area (Å²) in [5.41, 5.74) is 1.39. The van der Waals surface area contributed by atoms with Gasteiger partial charge in [-0.2, -0.15) is 0 Å². The lowest BCUT2D eigenvalue weighted by atomic mass is 10.2. The first-order chi connectivity index (χ1) is 12.8. The number of benzene rings is 2. The number of rotatable bonds is 7. The maximum atomic E-state index is 13.3. The molecule has 2 aromatic carbocycles. The van der Waals surface area contributed by atoms with Crippen LogP contribution in [0, 0.1) is 5.82 Å². The second kappa shape index (κ2) is 9.48. The predicted octanol–water partition coefficient (Wildman–Crippen LogP) is 2.33. The molecule has 0 aliphatic rings. The van der Waals surface area contributed by atoms with Crippen LogP contribution >= 0.6 is 0 Å². The first-order valence-corrected chi connectivity index (χ1v) is 10.1. The zero-order valence-corrected chi connectivity index (χ0v) is 16.6. The minimum Gasteiger partial charge on any atom is -0.357 e.